The highest BCUT2D eigenvalue weighted by Gasteiger charge is 2.12. The van der Waals surface area contributed by atoms with Gasteiger partial charge in [0.25, 0.3) is 0 Å². The summed E-state index contributed by atoms with van der Waals surface area (Å²) in [7, 11) is 2.03. The number of halogens is 1. The zero-order chi connectivity index (χ0) is 15.4. The minimum Gasteiger partial charge on any atom is -0.316 e. The Bertz CT molecular complexity index is 619. The van der Waals surface area contributed by atoms with Gasteiger partial charge in [-0.25, -0.2) is 0 Å². The van der Waals surface area contributed by atoms with Crippen LogP contribution in [0.15, 0.2) is 36.4 Å². The van der Waals surface area contributed by atoms with E-state index in [2.05, 4.69) is 56.4 Å². The van der Waals surface area contributed by atoms with E-state index >= 15 is 0 Å². The third-order valence-corrected chi connectivity index (χ3v) is 4.41. The summed E-state index contributed by atoms with van der Waals surface area (Å²) in [4.78, 5) is 0. The predicted molar refractivity (Wildman–Crippen MR) is 92.4 cm³/mol. The molecule has 0 heterocycles. The molecule has 0 bridgehead atoms. The Labute approximate surface area is 133 Å². The normalized spacial score (nSPS) is 12.4. The van der Waals surface area contributed by atoms with Crippen molar-refractivity contribution in [3.63, 3.8) is 0 Å². The van der Waals surface area contributed by atoms with Gasteiger partial charge in [-0.05, 0) is 69.0 Å². The first-order chi connectivity index (χ1) is 9.99. The Hall–Kier alpha value is -1.31. The van der Waals surface area contributed by atoms with Crippen LogP contribution in [0.1, 0.15) is 27.8 Å². The fourth-order valence-corrected chi connectivity index (χ4v) is 2.96. The van der Waals surface area contributed by atoms with E-state index in [0.29, 0.717) is 6.04 Å². The molecule has 112 valence electrons. The quantitative estimate of drug-likeness (QED) is 0.848. The highest BCUT2D eigenvalue weighted by atomic mass is 35.5. The van der Waals surface area contributed by atoms with Crippen LogP contribution in [0.2, 0.25) is 5.02 Å². The van der Waals surface area contributed by atoms with Gasteiger partial charge >= 0.3 is 0 Å². The zero-order valence-electron chi connectivity index (χ0n) is 13.3. The van der Waals surface area contributed by atoms with E-state index in [4.69, 9.17) is 11.6 Å². The summed E-state index contributed by atoms with van der Waals surface area (Å²) in [6.45, 7) is 6.40. The average Bonchev–Trinajstić information content (AvgIpc) is 2.44. The Kier molecular flexibility index (Phi) is 5.44. The lowest BCUT2D eigenvalue weighted by atomic mass is 9.95. The molecule has 0 spiro atoms. The van der Waals surface area contributed by atoms with Crippen LogP contribution in [-0.4, -0.2) is 13.1 Å². The number of hydrogen-bond acceptors (Lipinski definition) is 1. The third kappa shape index (κ3) is 4.33. The molecular weight excluding hydrogens is 278 g/mol. The number of aryl methyl sites for hydroxylation is 3. The molecule has 2 aromatic rings. The molecule has 0 aliphatic rings. The standard InChI is InChI=1S/C19H24ClN/c1-13-5-7-15(3)17(9-13)12-18(21-4)11-16-8-6-14(2)10-19(16)20/h5-10,18,21H,11-12H2,1-4H3. The molecule has 0 amide bonds. The van der Waals surface area contributed by atoms with Crippen molar-refractivity contribution in [2.24, 2.45) is 0 Å². The molecule has 0 aromatic heterocycles. The second kappa shape index (κ2) is 7.11. The summed E-state index contributed by atoms with van der Waals surface area (Å²) >= 11 is 6.36. The monoisotopic (exact) mass is 301 g/mol. The molecule has 2 heteroatoms. The van der Waals surface area contributed by atoms with Crippen LogP contribution in [0.3, 0.4) is 0 Å². The molecule has 0 fully saturated rings. The van der Waals surface area contributed by atoms with Gasteiger partial charge in [-0.15, -0.1) is 0 Å². The highest BCUT2D eigenvalue weighted by molar-refractivity contribution is 6.31. The van der Waals surface area contributed by atoms with Crippen molar-refractivity contribution < 1.29 is 0 Å². The van der Waals surface area contributed by atoms with Gasteiger partial charge in [-0.1, -0.05) is 47.5 Å². The van der Waals surface area contributed by atoms with Crippen molar-refractivity contribution in [3.05, 3.63) is 69.2 Å². The minimum atomic E-state index is 0.394. The van der Waals surface area contributed by atoms with Crippen molar-refractivity contribution in [3.8, 4) is 0 Å². The number of likely N-dealkylation sites (N-methyl/N-ethyl adjacent to an activating group) is 1. The molecule has 1 N–H and O–H groups in total. The predicted octanol–water partition coefficient (Wildman–Crippen LogP) is 4.64. The van der Waals surface area contributed by atoms with Gasteiger partial charge in [0.15, 0.2) is 0 Å². The van der Waals surface area contributed by atoms with Gasteiger partial charge in [0.1, 0.15) is 0 Å². The van der Waals surface area contributed by atoms with Gasteiger partial charge in [-0.2, -0.15) is 0 Å². The van der Waals surface area contributed by atoms with E-state index in [9.17, 15) is 0 Å². The van der Waals surface area contributed by atoms with Crippen LogP contribution >= 0.6 is 11.6 Å². The van der Waals surface area contributed by atoms with Crippen LogP contribution in [-0.2, 0) is 12.8 Å². The Morgan fingerprint density at radius 2 is 1.52 bits per heavy atom. The second-order valence-corrected chi connectivity index (χ2v) is 6.33. The molecular formula is C19H24ClN. The van der Waals surface area contributed by atoms with Crippen molar-refractivity contribution in [1.29, 1.82) is 0 Å². The van der Waals surface area contributed by atoms with Crippen molar-refractivity contribution >= 4 is 11.6 Å². The van der Waals surface area contributed by atoms with Gasteiger partial charge in [0.2, 0.25) is 0 Å². The van der Waals surface area contributed by atoms with E-state index in [-0.39, 0.29) is 0 Å². The first-order valence-corrected chi connectivity index (χ1v) is 7.86. The zero-order valence-corrected chi connectivity index (χ0v) is 14.1. The van der Waals surface area contributed by atoms with E-state index in [1.807, 2.05) is 13.1 Å². The van der Waals surface area contributed by atoms with Gasteiger partial charge < -0.3 is 5.32 Å². The van der Waals surface area contributed by atoms with E-state index in [1.54, 1.807) is 0 Å². The van der Waals surface area contributed by atoms with Gasteiger partial charge in [0.05, 0.1) is 0 Å². The Morgan fingerprint density at radius 1 is 0.905 bits per heavy atom. The second-order valence-electron chi connectivity index (χ2n) is 5.92. The first kappa shape index (κ1) is 16.1. The number of nitrogens with one attached hydrogen (secondary N) is 1. The molecule has 0 saturated carbocycles. The topological polar surface area (TPSA) is 12.0 Å². The molecule has 2 rings (SSSR count). The lowest BCUT2D eigenvalue weighted by molar-refractivity contribution is 0.555. The highest BCUT2D eigenvalue weighted by Crippen LogP contribution is 2.21. The molecule has 21 heavy (non-hydrogen) atoms. The molecule has 1 unspecified atom stereocenters. The molecule has 0 aliphatic heterocycles. The lowest BCUT2D eigenvalue weighted by Gasteiger charge is -2.19. The van der Waals surface area contributed by atoms with Crippen LogP contribution in [0.25, 0.3) is 0 Å². The summed E-state index contributed by atoms with van der Waals surface area (Å²) in [5.74, 6) is 0. The van der Waals surface area contributed by atoms with E-state index < -0.39 is 0 Å². The largest absolute Gasteiger partial charge is 0.316 e. The van der Waals surface area contributed by atoms with Crippen LogP contribution in [0, 0.1) is 20.8 Å². The fraction of sp³-hybridized carbons (Fsp3) is 0.368. The minimum absolute atomic E-state index is 0.394. The summed E-state index contributed by atoms with van der Waals surface area (Å²) in [5.41, 5.74) is 6.51. The molecule has 0 saturated heterocycles. The maximum Gasteiger partial charge on any atom is 0.0441 e. The maximum absolute atomic E-state index is 6.36. The van der Waals surface area contributed by atoms with Gasteiger partial charge in [0, 0.05) is 11.1 Å². The van der Waals surface area contributed by atoms with Crippen LogP contribution < -0.4 is 5.32 Å². The SMILES string of the molecule is CNC(Cc1cc(C)ccc1C)Cc1ccc(C)cc1Cl. The first-order valence-electron chi connectivity index (χ1n) is 7.48. The Balaban J connectivity index is 2.14. The van der Waals surface area contributed by atoms with Crippen molar-refractivity contribution in [2.75, 3.05) is 7.05 Å². The molecule has 0 radical (unpaired) electrons. The van der Waals surface area contributed by atoms with Gasteiger partial charge in [-0.3, -0.25) is 0 Å². The van der Waals surface area contributed by atoms with E-state index in [1.165, 1.54) is 27.8 Å². The summed E-state index contributed by atoms with van der Waals surface area (Å²) in [6, 6.07) is 13.4. The molecule has 0 aliphatic carbocycles. The fourth-order valence-electron chi connectivity index (χ4n) is 2.65. The molecule has 1 nitrogen and oxygen atoms in total. The summed E-state index contributed by atoms with van der Waals surface area (Å²) in [5, 5.41) is 4.30. The van der Waals surface area contributed by atoms with Crippen molar-refractivity contribution in [2.45, 2.75) is 39.7 Å². The van der Waals surface area contributed by atoms with E-state index in [0.717, 1.165) is 17.9 Å². The van der Waals surface area contributed by atoms with Crippen molar-refractivity contribution in [1.82, 2.24) is 5.32 Å². The average molecular weight is 302 g/mol. The summed E-state index contributed by atoms with van der Waals surface area (Å²) in [6.07, 6.45) is 1.97. The number of rotatable bonds is 5. The maximum atomic E-state index is 6.36. The van der Waals surface area contributed by atoms with Crippen LogP contribution in [0.5, 0.6) is 0 Å². The number of benzene rings is 2. The Morgan fingerprint density at radius 3 is 2.19 bits per heavy atom. The van der Waals surface area contributed by atoms with Crippen LogP contribution in [0.4, 0.5) is 0 Å². The molecule has 1 atom stereocenters. The third-order valence-electron chi connectivity index (χ3n) is 4.05. The summed E-state index contributed by atoms with van der Waals surface area (Å²) < 4.78 is 0. The smallest absolute Gasteiger partial charge is 0.0441 e. The lowest BCUT2D eigenvalue weighted by Crippen LogP contribution is -2.30. The number of hydrogen-bond donors (Lipinski definition) is 1. The molecule has 2 aromatic carbocycles.